The number of carbonyl (C=O) groups excluding carboxylic acids is 2. The van der Waals surface area contributed by atoms with E-state index in [1.165, 1.54) is 250 Å². The molecule has 0 bridgehead atoms. The van der Waals surface area contributed by atoms with Gasteiger partial charge < -0.3 is 20.1 Å². The maximum atomic E-state index is 12.2. The van der Waals surface area contributed by atoms with Gasteiger partial charge in [-0.05, 0) is 12.8 Å². The second kappa shape index (κ2) is 53.4. The molecule has 0 aliphatic rings. The highest BCUT2D eigenvalue weighted by Crippen LogP contribution is 2.43. The van der Waals surface area contributed by atoms with Crippen LogP contribution in [-0.4, -0.2) is 54.3 Å². The number of phosphoric ester groups is 1. The Bertz CT molecular complexity index is 1050. The van der Waals surface area contributed by atoms with Crippen molar-refractivity contribution in [2.75, 3.05) is 26.4 Å². The van der Waals surface area contributed by atoms with E-state index >= 15 is 0 Å². The summed E-state index contributed by atoms with van der Waals surface area (Å²) in [4.78, 5) is 34.2. The van der Waals surface area contributed by atoms with Crippen molar-refractivity contribution in [1.29, 1.82) is 0 Å². The number of unbranched alkanes of at least 4 members (excludes halogenated alkanes) is 43. The van der Waals surface area contributed by atoms with Crippen LogP contribution in [0, 0.1) is 0 Å². The van der Waals surface area contributed by atoms with Crippen LogP contribution in [0.1, 0.15) is 316 Å². The Morgan fingerprint density at radius 2 is 0.682 bits per heavy atom. The summed E-state index contributed by atoms with van der Waals surface area (Å²) in [5, 5.41) is 12.8. The zero-order valence-electron chi connectivity index (χ0n) is 43.9. The fraction of sp³-hybridized carbons (Fsp3) is 0.964. The maximum Gasteiger partial charge on any atom is 0.472 e. The largest absolute Gasteiger partial charge is 0.472 e. The van der Waals surface area contributed by atoms with E-state index in [4.69, 9.17) is 13.8 Å². The second-order valence-electron chi connectivity index (χ2n) is 20.0. The number of rotatable bonds is 56. The number of esters is 1. The van der Waals surface area contributed by atoms with Gasteiger partial charge in [0.2, 0.25) is 5.91 Å². The minimum Gasteiger partial charge on any atom is -0.463 e. The van der Waals surface area contributed by atoms with Gasteiger partial charge in [0.1, 0.15) is 12.7 Å². The van der Waals surface area contributed by atoms with Crippen LogP contribution in [0.5, 0.6) is 0 Å². The molecule has 0 aromatic heterocycles. The molecular formula is C56H112NO8P. The minimum absolute atomic E-state index is 0.0891. The number of amides is 1. The fourth-order valence-corrected chi connectivity index (χ4v) is 9.67. The van der Waals surface area contributed by atoms with Gasteiger partial charge in [-0.1, -0.05) is 290 Å². The summed E-state index contributed by atoms with van der Waals surface area (Å²) in [6.07, 6.45) is 59.2. The number of aliphatic hydroxyl groups is 1. The summed E-state index contributed by atoms with van der Waals surface area (Å²) < 4.78 is 27.1. The van der Waals surface area contributed by atoms with Crippen LogP contribution in [0.4, 0.5) is 0 Å². The Labute approximate surface area is 409 Å². The van der Waals surface area contributed by atoms with Crippen molar-refractivity contribution in [3.8, 4) is 0 Å². The van der Waals surface area contributed by atoms with Crippen LogP contribution in [0.15, 0.2) is 0 Å². The molecule has 0 aromatic rings. The first-order chi connectivity index (χ1) is 32.3. The first kappa shape index (κ1) is 65.0. The monoisotopic (exact) mass is 958 g/mol. The lowest BCUT2D eigenvalue weighted by Gasteiger charge is -2.15. The first-order valence-electron chi connectivity index (χ1n) is 29.0. The van der Waals surface area contributed by atoms with Gasteiger partial charge in [0.05, 0.1) is 13.2 Å². The molecule has 9 nitrogen and oxygen atoms in total. The Morgan fingerprint density at radius 1 is 0.409 bits per heavy atom. The van der Waals surface area contributed by atoms with Crippen LogP contribution in [0.25, 0.3) is 0 Å². The summed E-state index contributed by atoms with van der Waals surface area (Å²) in [6, 6.07) is 0. The standard InChI is InChI=1S/C56H112NO8P/c1-3-5-7-9-11-13-15-17-19-21-23-25-26-27-29-30-32-34-36-38-40-42-44-46-48-55(59)57-50-51-64-66(61,62)65-53-54(58)52-63-56(60)49-47-45-43-41-39-37-35-33-31-28-24-22-20-18-16-14-12-10-8-6-4-2/h54,58H,3-53H2,1-2H3,(H,57,59)(H,61,62). The van der Waals surface area contributed by atoms with Gasteiger partial charge in [-0.15, -0.1) is 0 Å². The molecule has 0 radical (unpaired) electrons. The molecule has 3 N–H and O–H groups in total. The zero-order chi connectivity index (χ0) is 48.1. The molecule has 0 saturated carbocycles. The molecule has 10 heteroatoms. The quantitative estimate of drug-likeness (QED) is 0.0312. The van der Waals surface area contributed by atoms with E-state index in [1.807, 2.05) is 0 Å². The highest BCUT2D eigenvalue weighted by atomic mass is 31.2. The molecular weight excluding hydrogens is 846 g/mol. The van der Waals surface area contributed by atoms with Crippen molar-refractivity contribution in [1.82, 2.24) is 5.32 Å². The number of ether oxygens (including phenoxy) is 1. The van der Waals surface area contributed by atoms with Crippen LogP contribution in [0.2, 0.25) is 0 Å². The molecule has 0 heterocycles. The smallest absolute Gasteiger partial charge is 0.463 e. The average Bonchev–Trinajstić information content (AvgIpc) is 3.31. The van der Waals surface area contributed by atoms with Crippen molar-refractivity contribution in [3.63, 3.8) is 0 Å². The van der Waals surface area contributed by atoms with Crippen LogP contribution >= 0.6 is 7.82 Å². The molecule has 0 saturated heterocycles. The normalized spacial score (nSPS) is 13.0. The third-order valence-corrected chi connectivity index (χ3v) is 14.3. The van der Waals surface area contributed by atoms with E-state index in [0.29, 0.717) is 12.8 Å². The molecule has 2 atom stereocenters. The van der Waals surface area contributed by atoms with Gasteiger partial charge in [-0.25, -0.2) is 4.57 Å². The van der Waals surface area contributed by atoms with Crippen molar-refractivity contribution in [3.05, 3.63) is 0 Å². The number of nitrogens with one attached hydrogen (secondary N) is 1. The number of phosphoric acid groups is 1. The Kier molecular flexibility index (Phi) is 52.6. The summed E-state index contributed by atoms with van der Waals surface area (Å²) in [6.45, 7) is 3.65. The highest BCUT2D eigenvalue weighted by molar-refractivity contribution is 7.47. The molecule has 0 fully saturated rings. The molecule has 0 aromatic carbocycles. The van der Waals surface area contributed by atoms with Gasteiger partial charge in [0.15, 0.2) is 0 Å². The third kappa shape index (κ3) is 54.0. The SMILES string of the molecule is CCCCCCCCCCCCCCCCCCCCCCCCCCC(=O)NCCOP(=O)(O)OCC(O)COC(=O)CCCCCCCCCCCCCCCCCCCCCCC. The summed E-state index contributed by atoms with van der Waals surface area (Å²) in [5.41, 5.74) is 0. The van der Waals surface area contributed by atoms with E-state index in [0.717, 1.165) is 38.5 Å². The molecule has 0 aliphatic carbocycles. The van der Waals surface area contributed by atoms with Crippen molar-refractivity contribution < 1.29 is 37.9 Å². The molecule has 1 amide bonds. The van der Waals surface area contributed by atoms with Gasteiger partial charge in [-0.2, -0.15) is 0 Å². The average molecular weight is 958 g/mol. The van der Waals surface area contributed by atoms with E-state index in [1.54, 1.807) is 0 Å². The van der Waals surface area contributed by atoms with Crippen molar-refractivity contribution in [2.45, 2.75) is 322 Å². The van der Waals surface area contributed by atoms with Crippen LogP contribution in [-0.2, 0) is 27.9 Å². The molecule has 0 rings (SSSR count). The topological polar surface area (TPSA) is 131 Å². The number of hydrogen-bond donors (Lipinski definition) is 3. The third-order valence-electron chi connectivity index (χ3n) is 13.3. The molecule has 0 spiro atoms. The van der Waals surface area contributed by atoms with Crippen LogP contribution < -0.4 is 5.32 Å². The lowest BCUT2D eigenvalue weighted by molar-refractivity contribution is -0.147. The van der Waals surface area contributed by atoms with Gasteiger partial charge in [0, 0.05) is 19.4 Å². The van der Waals surface area contributed by atoms with Crippen molar-refractivity contribution in [2.24, 2.45) is 0 Å². The Balaban J connectivity index is 3.46. The highest BCUT2D eigenvalue weighted by Gasteiger charge is 2.23. The predicted octanol–water partition coefficient (Wildman–Crippen LogP) is 17.5. The van der Waals surface area contributed by atoms with E-state index in [9.17, 15) is 24.2 Å². The summed E-state index contributed by atoms with van der Waals surface area (Å²) in [7, 11) is -4.42. The number of aliphatic hydroxyl groups excluding tert-OH is 1. The first-order valence-corrected chi connectivity index (χ1v) is 30.5. The summed E-state index contributed by atoms with van der Waals surface area (Å²) >= 11 is 0. The van der Waals surface area contributed by atoms with Gasteiger partial charge in [-0.3, -0.25) is 18.6 Å². The maximum absolute atomic E-state index is 12.2. The van der Waals surface area contributed by atoms with Crippen molar-refractivity contribution >= 4 is 19.7 Å². The number of carbonyl (C=O) groups is 2. The predicted molar refractivity (Wildman–Crippen MR) is 280 cm³/mol. The van der Waals surface area contributed by atoms with E-state index in [-0.39, 0.29) is 25.7 Å². The van der Waals surface area contributed by atoms with Gasteiger partial charge >= 0.3 is 13.8 Å². The van der Waals surface area contributed by atoms with E-state index in [2.05, 4.69) is 19.2 Å². The summed E-state index contributed by atoms with van der Waals surface area (Å²) in [5.74, 6) is -0.494. The second-order valence-corrected chi connectivity index (χ2v) is 21.4. The Hall–Kier alpha value is -0.990. The lowest BCUT2D eigenvalue weighted by atomic mass is 10.0. The molecule has 66 heavy (non-hydrogen) atoms. The molecule has 394 valence electrons. The van der Waals surface area contributed by atoms with E-state index < -0.39 is 26.5 Å². The minimum atomic E-state index is -4.42. The fourth-order valence-electron chi connectivity index (χ4n) is 8.92. The van der Waals surface area contributed by atoms with Gasteiger partial charge in [0.25, 0.3) is 0 Å². The Morgan fingerprint density at radius 3 is 0.985 bits per heavy atom. The molecule has 2 unspecified atom stereocenters. The zero-order valence-corrected chi connectivity index (χ0v) is 44.8. The van der Waals surface area contributed by atoms with Crippen LogP contribution in [0.3, 0.4) is 0 Å². The molecule has 0 aliphatic heterocycles. The lowest BCUT2D eigenvalue weighted by Crippen LogP contribution is -2.27. The number of hydrogen-bond acceptors (Lipinski definition) is 7.